The molecule has 0 aromatic carbocycles. The monoisotopic (exact) mass is 185 g/mol. The molecule has 2 unspecified atom stereocenters. The fourth-order valence-electron chi connectivity index (χ4n) is 2.01. The summed E-state index contributed by atoms with van der Waals surface area (Å²) < 4.78 is 0. The fraction of sp³-hybridized carbons (Fsp3) is 0.273. The number of nitrogens with zero attached hydrogens (tertiary/aromatic N) is 2. The van der Waals surface area contributed by atoms with Crippen molar-refractivity contribution >= 4 is 11.9 Å². The second-order valence-electron chi connectivity index (χ2n) is 3.68. The summed E-state index contributed by atoms with van der Waals surface area (Å²) in [6, 6.07) is 4.38. The van der Waals surface area contributed by atoms with Crippen molar-refractivity contribution in [2.45, 2.75) is 12.5 Å². The van der Waals surface area contributed by atoms with E-state index in [9.17, 15) is 0 Å². The molecule has 3 nitrogen and oxygen atoms in total. The van der Waals surface area contributed by atoms with Gasteiger partial charge in [0.1, 0.15) is 0 Å². The second-order valence-corrected chi connectivity index (χ2v) is 3.68. The van der Waals surface area contributed by atoms with Crippen LogP contribution in [0.15, 0.2) is 35.6 Å². The zero-order valence-corrected chi connectivity index (χ0v) is 7.72. The maximum Gasteiger partial charge on any atom is 0.0683 e. The zero-order valence-electron chi connectivity index (χ0n) is 7.72. The number of aromatic nitrogens is 1. The Morgan fingerprint density at radius 1 is 1.43 bits per heavy atom. The first-order valence-corrected chi connectivity index (χ1v) is 4.84. The van der Waals surface area contributed by atoms with Gasteiger partial charge in [0.05, 0.1) is 17.4 Å². The van der Waals surface area contributed by atoms with Gasteiger partial charge in [0.25, 0.3) is 0 Å². The number of nitrogens with one attached hydrogen (secondary N) is 1. The highest BCUT2D eigenvalue weighted by atomic mass is 15.0. The molecule has 2 aliphatic heterocycles. The lowest BCUT2D eigenvalue weighted by molar-refractivity contribution is 0.590. The van der Waals surface area contributed by atoms with E-state index in [-0.39, 0.29) is 0 Å². The van der Waals surface area contributed by atoms with Crippen LogP contribution >= 0.6 is 0 Å². The summed E-state index contributed by atoms with van der Waals surface area (Å²) in [6.45, 7) is 0. The van der Waals surface area contributed by atoms with Crippen LogP contribution in [-0.2, 0) is 6.42 Å². The van der Waals surface area contributed by atoms with Crippen molar-refractivity contribution in [2.24, 2.45) is 10.9 Å². The minimum Gasteiger partial charge on any atom is -0.375 e. The predicted molar refractivity (Wildman–Crippen MR) is 56.5 cm³/mol. The van der Waals surface area contributed by atoms with Gasteiger partial charge in [-0.1, -0.05) is 6.08 Å². The number of hydrogen-bond donors (Lipinski definition) is 1. The van der Waals surface area contributed by atoms with Crippen LogP contribution < -0.4 is 5.32 Å². The molecule has 3 heteroatoms. The number of pyridine rings is 1. The minimum absolute atomic E-state index is 0.344. The first kappa shape index (κ1) is 7.74. The quantitative estimate of drug-likeness (QED) is 0.667. The van der Waals surface area contributed by atoms with E-state index in [0.717, 1.165) is 17.8 Å². The first-order valence-electron chi connectivity index (χ1n) is 4.84. The molecule has 3 rings (SSSR count). The van der Waals surface area contributed by atoms with E-state index in [1.807, 2.05) is 24.7 Å². The van der Waals surface area contributed by atoms with E-state index in [0.29, 0.717) is 12.0 Å². The van der Waals surface area contributed by atoms with E-state index >= 15 is 0 Å². The molecule has 0 radical (unpaired) electrons. The van der Waals surface area contributed by atoms with Gasteiger partial charge in [0.15, 0.2) is 0 Å². The Morgan fingerprint density at radius 3 is 3.43 bits per heavy atom. The van der Waals surface area contributed by atoms with Gasteiger partial charge in [-0.2, -0.15) is 0 Å². The number of anilines is 1. The summed E-state index contributed by atoms with van der Waals surface area (Å²) in [4.78, 5) is 8.52. The van der Waals surface area contributed by atoms with Crippen LogP contribution in [0.5, 0.6) is 0 Å². The molecule has 0 amide bonds. The maximum atomic E-state index is 4.37. The van der Waals surface area contributed by atoms with Gasteiger partial charge >= 0.3 is 0 Å². The molecule has 0 fully saturated rings. The molecular weight excluding hydrogens is 174 g/mol. The van der Waals surface area contributed by atoms with Gasteiger partial charge in [-0.15, -0.1) is 0 Å². The number of aliphatic imine (C=N–C) groups is 1. The molecule has 1 N–H and O–H groups in total. The molecule has 1 aromatic heterocycles. The van der Waals surface area contributed by atoms with Gasteiger partial charge < -0.3 is 5.32 Å². The van der Waals surface area contributed by atoms with Gasteiger partial charge in [0.2, 0.25) is 0 Å². The Bertz CT molecular complexity index is 370. The third-order valence-electron chi connectivity index (χ3n) is 2.77. The van der Waals surface area contributed by atoms with E-state index in [2.05, 4.69) is 27.4 Å². The van der Waals surface area contributed by atoms with Crippen LogP contribution in [0, 0.1) is 5.92 Å². The Morgan fingerprint density at radius 2 is 2.43 bits per heavy atom. The molecule has 0 spiro atoms. The Balaban J connectivity index is 2.00. The Hall–Kier alpha value is -1.64. The van der Waals surface area contributed by atoms with Crippen LogP contribution in [0.2, 0.25) is 0 Å². The number of hydrogen-bond acceptors (Lipinski definition) is 3. The summed E-state index contributed by atoms with van der Waals surface area (Å²) in [5.74, 6) is 0.509. The topological polar surface area (TPSA) is 37.3 Å². The van der Waals surface area contributed by atoms with E-state index < -0.39 is 0 Å². The largest absolute Gasteiger partial charge is 0.375 e. The number of fused-ring (bicyclic) bond motifs is 2. The SMILES string of the molecule is C1=CC2Cc3ncccc3NC2C=N1. The lowest BCUT2D eigenvalue weighted by Gasteiger charge is -2.31. The first-order chi connectivity index (χ1) is 6.93. The number of rotatable bonds is 0. The maximum absolute atomic E-state index is 4.37. The zero-order chi connectivity index (χ0) is 9.38. The Labute approximate surface area is 82.6 Å². The van der Waals surface area contributed by atoms with Crippen LogP contribution in [-0.4, -0.2) is 17.2 Å². The van der Waals surface area contributed by atoms with Crippen LogP contribution in [0.3, 0.4) is 0 Å². The normalized spacial score (nSPS) is 27.7. The van der Waals surface area contributed by atoms with Gasteiger partial charge in [0, 0.05) is 31.0 Å². The third kappa shape index (κ3) is 1.13. The molecule has 2 atom stereocenters. The predicted octanol–water partition coefficient (Wildman–Crippen LogP) is 1.63. The van der Waals surface area contributed by atoms with E-state index in [1.54, 1.807) is 0 Å². The fourth-order valence-corrected chi connectivity index (χ4v) is 2.01. The molecule has 1 aromatic rings. The van der Waals surface area contributed by atoms with Gasteiger partial charge in [-0.05, 0) is 12.1 Å². The smallest absolute Gasteiger partial charge is 0.0683 e. The van der Waals surface area contributed by atoms with Crippen LogP contribution in [0.1, 0.15) is 5.69 Å². The average Bonchev–Trinajstić information content (AvgIpc) is 2.26. The van der Waals surface area contributed by atoms with Crippen LogP contribution in [0.4, 0.5) is 5.69 Å². The molecule has 3 heterocycles. The summed E-state index contributed by atoms with van der Waals surface area (Å²) in [5.41, 5.74) is 2.31. The standard InChI is InChI=1S/C11H11N3/c1-2-9-10(13-4-1)6-8-3-5-12-7-11(8)14-9/h1-5,7-8,11,14H,6H2. The van der Waals surface area contributed by atoms with Gasteiger partial charge in [-0.3, -0.25) is 9.98 Å². The van der Waals surface area contributed by atoms with E-state index in [1.165, 1.54) is 0 Å². The Kier molecular flexibility index (Phi) is 1.63. The summed E-state index contributed by atoms with van der Waals surface area (Å²) >= 11 is 0. The molecule has 0 saturated carbocycles. The summed E-state index contributed by atoms with van der Waals surface area (Å²) in [5, 5.41) is 3.44. The highest BCUT2D eigenvalue weighted by Crippen LogP contribution is 2.27. The molecular formula is C11H11N3. The average molecular weight is 185 g/mol. The van der Waals surface area contributed by atoms with Crippen molar-refractivity contribution in [3.63, 3.8) is 0 Å². The van der Waals surface area contributed by atoms with E-state index in [4.69, 9.17) is 0 Å². The van der Waals surface area contributed by atoms with Crippen molar-refractivity contribution in [3.8, 4) is 0 Å². The van der Waals surface area contributed by atoms with Crippen molar-refractivity contribution < 1.29 is 0 Å². The molecule has 0 saturated heterocycles. The minimum atomic E-state index is 0.344. The molecule has 0 aliphatic carbocycles. The summed E-state index contributed by atoms with van der Waals surface area (Å²) in [6.07, 6.45) is 8.85. The lowest BCUT2D eigenvalue weighted by atomic mass is 9.89. The van der Waals surface area contributed by atoms with Crippen molar-refractivity contribution in [1.82, 2.24) is 4.98 Å². The highest BCUT2D eigenvalue weighted by molar-refractivity contribution is 5.74. The van der Waals surface area contributed by atoms with Crippen molar-refractivity contribution in [1.29, 1.82) is 0 Å². The molecule has 70 valence electrons. The summed E-state index contributed by atoms with van der Waals surface area (Å²) in [7, 11) is 0. The van der Waals surface area contributed by atoms with Crippen molar-refractivity contribution in [2.75, 3.05) is 5.32 Å². The molecule has 2 aliphatic rings. The lowest BCUT2D eigenvalue weighted by Crippen LogP contribution is -2.36. The highest BCUT2D eigenvalue weighted by Gasteiger charge is 2.26. The molecule has 14 heavy (non-hydrogen) atoms. The molecule has 0 bridgehead atoms. The van der Waals surface area contributed by atoms with Crippen molar-refractivity contribution in [3.05, 3.63) is 36.3 Å². The third-order valence-corrected chi connectivity index (χ3v) is 2.77. The van der Waals surface area contributed by atoms with Crippen LogP contribution in [0.25, 0.3) is 0 Å². The second kappa shape index (κ2) is 2.94. The van der Waals surface area contributed by atoms with Gasteiger partial charge in [-0.25, -0.2) is 0 Å².